The molecule has 1 aromatic carbocycles. The van der Waals surface area contributed by atoms with E-state index in [1.165, 1.54) is 24.0 Å². The van der Waals surface area contributed by atoms with Crippen molar-refractivity contribution in [2.75, 3.05) is 5.32 Å². The minimum absolute atomic E-state index is 0.0814. The van der Waals surface area contributed by atoms with Crippen molar-refractivity contribution in [3.8, 4) is 0 Å². The number of hydrogen-bond acceptors (Lipinski definition) is 1. The van der Waals surface area contributed by atoms with Gasteiger partial charge in [0.2, 0.25) is 0 Å². The highest BCUT2D eigenvalue weighted by atomic mass is 32.1. The fraction of sp³-hybridized carbons (Fsp3) is 0.300. The van der Waals surface area contributed by atoms with Crippen LogP contribution in [0.2, 0.25) is 0 Å². The van der Waals surface area contributed by atoms with E-state index in [1.54, 1.807) is 0 Å². The van der Waals surface area contributed by atoms with Crippen LogP contribution in [0.1, 0.15) is 17.5 Å². The molecule has 2 nitrogen and oxygen atoms in total. The van der Waals surface area contributed by atoms with Crippen LogP contribution in [0.5, 0.6) is 0 Å². The van der Waals surface area contributed by atoms with Gasteiger partial charge >= 0.3 is 0 Å². The Morgan fingerprint density at radius 3 is 2.85 bits per heavy atom. The first-order valence-electron chi connectivity index (χ1n) is 4.40. The minimum atomic E-state index is 0.0814. The van der Waals surface area contributed by atoms with E-state index in [9.17, 15) is 0 Å². The Morgan fingerprint density at radius 2 is 2.08 bits per heavy atom. The molecule has 2 rings (SSSR count). The summed E-state index contributed by atoms with van der Waals surface area (Å²) in [5.74, 6) is 0. The van der Waals surface area contributed by atoms with Crippen molar-refractivity contribution < 1.29 is 0 Å². The van der Waals surface area contributed by atoms with Gasteiger partial charge in [-0.1, -0.05) is 6.07 Å². The van der Waals surface area contributed by atoms with Gasteiger partial charge in [0, 0.05) is 5.69 Å². The van der Waals surface area contributed by atoms with E-state index in [1.807, 2.05) is 6.07 Å². The van der Waals surface area contributed by atoms with Crippen LogP contribution in [0, 0.1) is 0 Å². The summed E-state index contributed by atoms with van der Waals surface area (Å²) >= 11 is 4.66. The SMILES string of the molecule is [NH]C(=S)Nc1ccc2c(c1)CCC2. The van der Waals surface area contributed by atoms with Gasteiger partial charge in [-0.3, -0.25) is 5.73 Å². The molecule has 1 aliphatic rings. The molecule has 0 heterocycles. The normalized spacial score (nSPS) is 13.8. The number of fused-ring (bicyclic) bond motifs is 1. The third-order valence-corrected chi connectivity index (χ3v) is 2.46. The molecule has 0 amide bonds. The molecule has 0 bridgehead atoms. The molecule has 1 aromatic rings. The first-order chi connectivity index (χ1) is 6.25. The Morgan fingerprint density at radius 1 is 1.31 bits per heavy atom. The lowest BCUT2D eigenvalue weighted by molar-refractivity contribution is 0.912. The molecule has 0 fully saturated rings. The zero-order valence-electron chi connectivity index (χ0n) is 7.26. The summed E-state index contributed by atoms with van der Waals surface area (Å²) in [6.07, 6.45) is 3.61. The first-order valence-corrected chi connectivity index (χ1v) is 4.81. The summed E-state index contributed by atoms with van der Waals surface area (Å²) in [6.45, 7) is 0. The molecule has 67 valence electrons. The first kappa shape index (κ1) is 8.51. The largest absolute Gasteiger partial charge is 0.331 e. The fourth-order valence-electron chi connectivity index (χ4n) is 1.78. The van der Waals surface area contributed by atoms with Crippen molar-refractivity contribution in [3.05, 3.63) is 29.3 Å². The Kier molecular flexibility index (Phi) is 2.19. The molecule has 0 unspecified atom stereocenters. The number of hydrogen-bond donors (Lipinski definition) is 1. The van der Waals surface area contributed by atoms with Gasteiger partial charge in [0.25, 0.3) is 0 Å². The third kappa shape index (κ3) is 1.80. The number of nitrogens with one attached hydrogen (secondary N) is 2. The van der Waals surface area contributed by atoms with E-state index in [-0.39, 0.29) is 5.11 Å². The van der Waals surface area contributed by atoms with Crippen LogP contribution < -0.4 is 11.1 Å². The standard InChI is InChI=1S/C10H11N2S/c11-10(13)12-9-5-4-7-2-1-3-8(7)6-9/h4-6,11H,1-3H2,(H,12,13). The number of rotatable bonds is 1. The fourth-order valence-corrected chi connectivity index (χ4v) is 1.90. The van der Waals surface area contributed by atoms with Crippen molar-refractivity contribution in [2.24, 2.45) is 0 Å². The van der Waals surface area contributed by atoms with Gasteiger partial charge in [-0.2, -0.15) is 0 Å². The molecule has 0 saturated heterocycles. The number of aryl methyl sites for hydroxylation is 2. The van der Waals surface area contributed by atoms with Gasteiger partial charge in [0.1, 0.15) is 0 Å². The predicted octanol–water partition coefficient (Wildman–Crippen LogP) is 2.16. The van der Waals surface area contributed by atoms with Gasteiger partial charge in [-0.05, 0) is 54.7 Å². The Labute approximate surface area is 83.1 Å². The van der Waals surface area contributed by atoms with Crippen LogP contribution in [0.15, 0.2) is 18.2 Å². The molecule has 1 aliphatic carbocycles. The topological polar surface area (TPSA) is 35.8 Å². The van der Waals surface area contributed by atoms with Crippen LogP contribution in [0.25, 0.3) is 0 Å². The van der Waals surface area contributed by atoms with Crippen molar-refractivity contribution in [3.63, 3.8) is 0 Å². The van der Waals surface area contributed by atoms with E-state index in [0.717, 1.165) is 12.1 Å². The molecule has 13 heavy (non-hydrogen) atoms. The van der Waals surface area contributed by atoms with Gasteiger partial charge < -0.3 is 5.32 Å². The second-order valence-corrected chi connectivity index (χ2v) is 3.70. The molecule has 1 radical (unpaired) electrons. The highest BCUT2D eigenvalue weighted by molar-refractivity contribution is 7.80. The van der Waals surface area contributed by atoms with Crippen LogP contribution in [0.4, 0.5) is 5.69 Å². The Bertz CT molecular complexity index is 347. The summed E-state index contributed by atoms with van der Waals surface area (Å²) < 4.78 is 0. The van der Waals surface area contributed by atoms with E-state index in [4.69, 9.17) is 5.73 Å². The maximum absolute atomic E-state index is 7.13. The number of benzene rings is 1. The Hall–Kier alpha value is -1.09. The second kappa shape index (κ2) is 3.34. The summed E-state index contributed by atoms with van der Waals surface area (Å²) in [5, 5.41) is 2.91. The van der Waals surface area contributed by atoms with Crippen LogP contribution in [0.3, 0.4) is 0 Å². The van der Waals surface area contributed by atoms with E-state index in [2.05, 4.69) is 29.7 Å². The highest BCUT2D eigenvalue weighted by Gasteiger charge is 2.10. The Balaban J connectivity index is 2.25. The molecule has 0 aliphatic heterocycles. The molecule has 3 heteroatoms. The smallest absolute Gasteiger partial charge is 0.189 e. The molecular weight excluding hydrogens is 180 g/mol. The summed E-state index contributed by atoms with van der Waals surface area (Å²) in [4.78, 5) is 0. The molecule has 0 aromatic heterocycles. The lowest BCUT2D eigenvalue weighted by atomic mass is 10.1. The summed E-state index contributed by atoms with van der Waals surface area (Å²) in [6, 6.07) is 6.22. The zero-order chi connectivity index (χ0) is 9.26. The van der Waals surface area contributed by atoms with E-state index >= 15 is 0 Å². The second-order valence-electron chi connectivity index (χ2n) is 3.29. The number of anilines is 1. The lowest BCUT2D eigenvalue weighted by Crippen LogP contribution is -2.09. The van der Waals surface area contributed by atoms with Gasteiger partial charge in [-0.25, -0.2) is 0 Å². The molecule has 0 spiro atoms. The zero-order valence-corrected chi connectivity index (χ0v) is 8.08. The van der Waals surface area contributed by atoms with Crippen molar-refractivity contribution in [2.45, 2.75) is 19.3 Å². The summed E-state index contributed by atoms with van der Waals surface area (Å²) in [7, 11) is 0. The molecular formula is C10H11N2S. The quantitative estimate of drug-likeness (QED) is 0.690. The van der Waals surface area contributed by atoms with Gasteiger partial charge in [0.05, 0.1) is 0 Å². The molecule has 0 saturated carbocycles. The van der Waals surface area contributed by atoms with Crippen LogP contribution in [-0.4, -0.2) is 5.11 Å². The lowest BCUT2D eigenvalue weighted by Gasteiger charge is -2.05. The highest BCUT2D eigenvalue weighted by Crippen LogP contribution is 2.24. The van der Waals surface area contributed by atoms with Crippen LogP contribution >= 0.6 is 12.2 Å². The maximum atomic E-state index is 7.13. The molecule has 0 atom stereocenters. The monoisotopic (exact) mass is 191 g/mol. The minimum Gasteiger partial charge on any atom is -0.331 e. The van der Waals surface area contributed by atoms with Crippen molar-refractivity contribution in [1.29, 1.82) is 0 Å². The van der Waals surface area contributed by atoms with E-state index < -0.39 is 0 Å². The summed E-state index contributed by atoms with van der Waals surface area (Å²) in [5.41, 5.74) is 10.9. The predicted molar refractivity (Wildman–Crippen MR) is 57.8 cm³/mol. The third-order valence-electron chi connectivity index (χ3n) is 2.36. The van der Waals surface area contributed by atoms with Gasteiger partial charge in [0.15, 0.2) is 5.11 Å². The average molecular weight is 191 g/mol. The van der Waals surface area contributed by atoms with Crippen LogP contribution in [-0.2, 0) is 12.8 Å². The molecule has 2 N–H and O–H groups in total. The van der Waals surface area contributed by atoms with Crippen molar-refractivity contribution in [1.82, 2.24) is 5.73 Å². The number of thiocarbonyl (C=S) groups is 1. The maximum Gasteiger partial charge on any atom is 0.189 e. The van der Waals surface area contributed by atoms with Gasteiger partial charge in [-0.15, -0.1) is 0 Å². The average Bonchev–Trinajstić information content (AvgIpc) is 2.49. The van der Waals surface area contributed by atoms with E-state index in [0.29, 0.717) is 0 Å². The van der Waals surface area contributed by atoms with Crippen molar-refractivity contribution >= 4 is 23.0 Å².